The lowest BCUT2D eigenvalue weighted by Crippen LogP contribution is -2.01. The van der Waals surface area contributed by atoms with Crippen LogP contribution in [0.5, 0.6) is 0 Å². The van der Waals surface area contributed by atoms with Crippen LogP contribution in [0.3, 0.4) is 0 Å². The third-order valence-corrected chi connectivity index (χ3v) is 0.577. The van der Waals surface area contributed by atoms with Gasteiger partial charge >= 0.3 is 0 Å². The van der Waals surface area contributed by atoms with E-state index in [-0.39, 0.29) is 5.70 Å². The first-order chi connectivity index (χ1) is 4.18. The van der Waals surface area contributed by atoms with Crippen molar-refractivity contribution in [2.24, 2.45) is 5.10 Å². The number of rotatable bonds is 3. The van der Waals surface area contributed by atoms with E-state index in [1.54, 1.807) is 7.05 Å². The summed E-state index contributed by atoms with van der Waals surface area (Å²) < 4.78 is 0. The van der Waals surface area contributed by atoms with Crippen LogP contribution in [0.25, 0.3) is 0 Å². The third kappa shape index (κ3) is 3.22. The fourth-order valence-electron chi connectivity index (χ4n) is 0.186. The molecule has 5 heteroatoms. The van der Waals surface area contributed by atoms with Gasteiger partial charge in [0.15, 0.2) is 0 Å². The van der Waals surface area contributed by atoms with E-state index in [0.29, 0.717) is 0 Å². The second-order valence-electron chi connectivity index (χ2n) is 1.23. The molecule has 50 valence electrons. The van der Waals surface area contributed by atoms with Gasteiger partial charge in [-0.1, -0.05) is 0 Å². The molecule has 1 N–H and O–H groups in total. The van der Waals surface area contributed by atoms with Crippen LogP contribution in [0, 0.1) is 10.1 Å². The third-order valence-electron chi connectivity index (χ3n) is 0.577. The molecule has 5 nitrogen and oxygen atoms in total. The van der Waals surface area contributed by atoms with Gasteiger partial charge in [0.1, 0.15) is 6.21 Å². The molecule has 0 saturated carbocycles. The fraction of sp³-hybridized carbons (Fsp3) is 0.250. The van der Waals surface area contributed by atoms with E-state index in [1.165, 1.54) is 0 Å². The molecule has 0 heterocycles. The summed E-state index contributed by atoms with van der Waals surface area (Å²) in [5.74, 6) is 0. The van der Waals surface area contributed by atoms with Gasteiger partial charge in [-0.05, 0) is 6.58 Å². The highest BCUT2D eigenvalue weighted by Gasteiger charge is 1.98. The summed E-state index contributed by atoms with van der Waals surface area (Å²) >= 11 is 0. The van der Waals surface area contributed by atoms with Gasteiger partial charge in [-0.25, -0.2) is 0 Å². The van der Waals surface area contributed by atoms with Crippen molar-refractivity contribution in [3.8, 4) is 0 Å². The molecule has 0 aromatic rings. The fourth-order valence-corrected chi connectivity index (χ4v) is 0.186. The van der Waals surface area contributed by atoms with Crippen LogP contribution in [-0.4, -0.2) is 18.2 Å². The standard InChI is InChI=1S/C4H7N3O2/c1-4(7(8)9)3-6-5-2/h3,5H,1H2,2H3/b6-3-. The smallest absolute Gasteiger partial charge is 0.282 e. The number of hydrogen-bond acceptors (Lipinski definition) is 4. The van der Waals surface area contributed by atoms with Crippen molar-refractivity contribution < 1.29 is 4.92 Å². The monoisotopic (exact) mass is 129 g/mol. The van der Waals surface area contributed by atoms with E-state index in [1.807, 2.05) is 0 Å². The van der Waals surface area contributed by atoms with E-state index in [0.717, 1.165) is 6.21 Å². The van der Waals surface area contributed by atoms with Crippen LogP contribution in [0.2, 0.25) is 0 Å². The van der Waals surface area contributed by atoms with Crippen LogP contribution in [0.4, 0.5) is 0 Å². The minimum Gasteiger partial charge on any atom is -0.313 e. The van der Waals surface area contributed by atoms with E-state index >= 15 is 0 Å². The summed E-state index contributed by atoms with van der Waals surface area (Å²) in [5.41, 5.74) is 2.13. The minimum atomic E-state index is -0.610. The maximum absolute atomic E-state index is 9.79. The van der Waals surface area contributed by atoms with Gasteiger partial charge in [0.2, 0.25) is 0 Å². The summed E-state index contributed by atoms with van der Waals surface area (Å²) in [6.45, 7) is 3.10. The SMILES string of the molecule is C=C(/C=N\NC)[N+](=O)[O-]. The van der Waals surface area contributed by atoms with Gasteiger partial charge in [0.25, 0.3) is 5.70 Å². The van der Waals surface area contributed by atoms with Gasteiger partial charge in [0.05, 0.1) is 4.92 Å². The molecule has 0 radical (unpaired) electrons. The Labute approximate surface area is 52.2 Å². The Morgan fingerprint density at radius 1 is 2.00 bits per heavy atom. The summed E-state index contributed by atoms with van der Waals surface area (Å²) in [6.07, 6.45) is 1.04. The zero-order valence-corrected chi connectivity index (χ0v) is 5.00. The van der Waals surface area contributed by atoms with Crippen LogP contribution in [0.1, 0.15) is 0 Å². The van der Waals surface area contributed by atoms with Crippen molar-refractivity contribution in [2.45, 2.75) is 0 Å². The van der Waals surface area contributed by atoms with Gasteiger partial charge in [0, 0.05) is 7.05 Å². The molecule has 0 aliphatic rings. The normalized spacial score (nSPS) is 9.44. The van der Waals surface area contributed by atoms with E-state index in [2.05, 4.69) is 17.1 Å². The molecule has 0 rings (SSSR count). The van der Waals surface area contributed by atoms with Crippen LogP contribution in [0.15, 0.2) is 17.4 Å². The van der Waals surface area contributed by atoms with E-state index < -0.39 is 4.92 Å². The molecule has 0 amide bonds. The molecule has 0 aromatic carbocycles. The Balaban J connectivity index is 3.77. The second kappa shape index (κ2) is 3.59. The average molecular weight is 129 g/mol. The maximum atomic E-state index is 9.79. The van der Waals surface area contributed by atoms with Gasteiger partial charge in [-0.3, -0.25) is 10.1 Å². The van der Waals surface area contributed by atoms with Gasteiger partial charge in [-0.15, -0.1) is 0 Å². The lowest BCUT2D eigenvalue weighted by Gasteiger charge is -1.85. The molecule has 0 aromatic heterocycles. The van der Waals surface area contributed by atoms with Crippen LogP contribution >= 0.6 is 0 Å². The topological polar surface area (TPSA) is 67.5 Å². The lowest BCUT2D eigenvalue weighted by molar-refractivity contribution is -0.413. The molecular formula is C4H7N3O2. The van der Waals surface area contributed by atoms with Crippen LogP contribution < -0.4 is 5.43 Å². The number of hydrazone groups is 1. The van der Waals surface area contributed by atoms with Crippen LogP contribution in [-0.2, 0) is 0 Å². The van der Waals surface area contributed by atoms with Crippen molar-refractivity contribution in [2.75, 3.05) is 7.05 Å². The molecule has 0 spiro atoms. The Morgan fingerprint density at radius 3 is 2.89 bits per heavy atom. The summed E-state index contributed by atoms with van der Waals surface area (Å²) in [7, 11) is 1.55. The largest absolute Gasteiger partial charge is 0.313 e. The van der Waals surface area contributed by atoms with Gasteiger partial charge in [-0.2, -0.15) is 5.10 Å². The minimum absolute atomic E-state index is 0.232. The molecule has 9 heavy (non-hydrogen) atoms. The molecule has 0 atom stereocenters. The Kier molecular flexibility index (Phi) is 3.04. The zero-order valence-electron chi connectivity index (χ0n) is 5.00. The predicted molar refractivity (Wildman–Crippen MR) is 33.7 cm³/mol. The number of nitrogens with one attached hydrogen (secondary N) is 1. The Morgan fingerprint density at radius 2 is 2.56 bits per heavy atom. The van der Waals surface area contributed by atoms with Crippen molar-refractivity contribution in [1.82, 2.24) is 5.43 Å². The van der Waals surface area contributed by atoms with Crippen molar-refractivity contribution in [3.63, 3.8) is 0 Å². The van der Waals surface area contributed by atoms with Crippen molar-refractivity contribution in [1.29, 1.82) is 0 Å². The summed E-state index contributed by atoms with van der Waals surface area (Å²) in [6, 6.07) is 0. The number of nitrogens with zero attached hydrogens (tertiary/aromatic N) is 2. The quantitative estimate of drug-likeness (QED) is 0.331. The Hall–Kier alpha value is -1.39. The molecule has 0 aliphatic carbocycles. The zero-order chi connectivity index (χ0) is 7.28. The molecule has 0 fully saturated rings. The van der Waals surface area contributed by atoms with E-state index in [9.17, 15) is 10.1 Å². The number of hydrogen-bond donors (Lipinski definition) is 1. The molecular weight excluding hydrogens is 122 g/mol. The number of allylic oxidation sites excluding steroid dienone is 1. The first-order valence-electron chi connectivity index (χ1n) is 2.21. The highest BCUT2D eigenvalue weighted by Crippen LogP contribution is 1.82. The summed E-state index contributed by atoms with van der Waals surface area (Å²) in [5, 5.41) is 13.2. The molecule has 0 bridgehead atoms. The van der Waals surface area contributed by atoms with Crippen molar-refractivity contribution in [3.05, 3.63) is 22.4 Å². The molecule has 0 saturated heterocycles. The van der Waals surface area contributed by atoms with Crippen molar-refractivity contribution >= 4 is 6.21 Å². The predicted octanol–water partition coefficient (Wildman–Crippen LogP) is -0.0180. The summed E-state index contributed by atoms with van der Waals surface area (Å²) in [4.78, 5) is 9.18. The molecule has 0 unspecified atom stereocenters. The number of nitro groups is 1. The van der Waals surface area contributed by atoms with E-state index in [4.69, 9.17) is 0 Å². The Bertz CT molecular complexity index is 152. The first-order valence-corrected chi connectivity index (χ1v) is 2.21. The first kappa shape index (κ1) is 7.61. The van der Waals surface area contributed by atoms with Gasteiger partial charge < -0.3 is 5.43 Å². The highest BCUT2D eigenvalue weighted by atomic mass is 16.6. The second-order valence-corrected chi connectivity index (χ2v) is 1.23. The lowest BCUT2D eigenvalue weighted by atomic mass is 10.6. The maximum Gasteiger partial charge on any atom is 0.282 e. The average Bonchev–Trinajstić information content (AvgIpc) is 1.82. The highest BCUT2D eigenvalue weighted by molar-refractivity contribution is 5.73. The molecule has 0 aliphatic heterocycles.